The van der Waals surface area contributed by atoms with Crippen LogP contribution in [0.1, 0.15) is 70.9 Å². The molecule has 0 saturated carbocycles. The van der Waals surface area contributed by atoms with Crippen molar-refractivity contribution < 1.29 is 71.1 Å². The number of ether oxygens (including phenoxy) is 1. The second-order valence-electron chi connectivity index (χ2n) is 16.6. The Bertz CT molecular complexity index is 3280. The number of methoxy groups -OCH3 is 1. The average Bonchev–Trinajstić information content (AvgIpc) is 3.59. The molecule has 0 spiro atoms. The van der Waals surface area contributed by atoms with Crippen molar-refractivity contribution in [3.63, 3.8) is 0 Å². The molecule has 17 nitrogen and oxygen atoms in total. The molecule has 4 aromatic rings. The molecule has 2 aliphatic heterocycles. The largest absolute Gasteiger partial charge is 0.744 e. The number of unbranched alkanes of at least 4 members (excludes halogenated alkanes) is 2. The average molecular weight is 984 g/mol. The first-order valence-electron chi connectivity index (χ1n) is 20.6. The van der Waals surface area contributed by atoms with Crippen LogP contribution in [0.15, 0.2) is 116 Å². The van der Waals surface area contributed by atoms with Crippen LogP contribution in [-0.2, 0) is 60.8 Å². The lowest BCUT2D eigenvalue weighted by atomic mass is 9.76. The number of carbonyl (C=O) groups is 1. The summed E-state index contributed by atoms with van der Waals surface area (Å²) in [4.78, 5) is 9.78. The number of hydrogen-bond donors (Lipinski definition) is 1. The first-order valence-corrected chi connectivity index (χ1v) is 26.2. The van der Waals surface area contributed by atoms with Crippen LogP contribution in [0, 0.1) is 0 Å². The second kappa shape index (κ2) is 18.5. The lowest BCUT2D eigenvalue weighted by molar-refractivity contribution is -0.433. The molecular weight excluding hydrogens is 937 g/mol. The molecule has 1 atom stereocenters. The van der Waals surface area contributed by atoms with Gasteiger partial charge in [-0.05, 0) is 111 Å². The fraction of sp³-hybridized carbons (Fsp3) is 0.333. The number of fused-ring (bicyclic) bond motifs is 6. The minimum absolute atomic E-state index is 0.0152. The van der Waals surface area contributed by atoms with Crippen molar-refractivity contribution in [1.82, 2.24) is 0 Å². The number of anilines is 1. The summed E-state index contributed by atoms with van der Waals surface area (Å²) in [6.07, 6.45) is 14.2. The molecule has 354 valence electrons. The van der Waals surface area contributed by atoms with Gasteiger partial charge in [0.25, 0.3) is 0 Å². The third kappa shape index (κ3) is 9.81. The maximum Gasteiger partial charge on any atom is 0.303 e. The molecule has 21 heteroatoms. The van der Waals surface area contributed by atoms with E-state index in [9.17, 15) is 61.8 Å². The number of benzene rings is 4. The quantitative estimate of drug-likeness (QED) is 0.0516. The highest BCUT2D eigenvalue weighted by Gasteiger charge is 2.46. The number of aliphatic carboxylic acids is 1. The predicted octanol–water partition coefficient (Wildman–Crippen LogP) is 6.02. The molecule has 4 aromatic carbocycles. The lowest BCUT2D eigenvalue weighted by Crippen LogP contribution is -2.30. The van der Waals surface area contributed by atoms with Gasteiger partial charge in [0, 0.05) is 66.6 Å². The van der Waals surface area contributed by atoms with Gasteiger partial charge >= 0.3 is 5.97 Å². The van der Waals surface area contributed by atoms with Crippen LogP contribution in [0.3, 0.4) is 0 Å². The summed E-state index contributed by atoms with van der Waals surface area (Å²) in [6, 6.07) is 9.45. The zero-order valence-corrected chi connectivity index (χ0v) is 39.8. The Morgan fingerprint density at radius 1 is 0.712 bits per heavy atom. The van der Waals surface area contributed by atoms with E-state index in [2.05, 4.69) is 0 Å². The Morgan fingerprint density at radius 3 is 1.79 bits per heavy atom. The maximum atomic E-state index is 12.5. The first kappa shape index (κ1) is 50.3. The lowest BCUT2D eigenvalue weighted by Gasteiger charge is -2.31. The van der Waals surface area contributed by atoms with Gasteiger partial charge in [-0.2, -0.15) is 4.58 Å². The first-order chi connectivity index (χ1) is 30.7. The van der Waals surface area contributed by atoms with E-state index in [1.165, 1.54) is 19.2 Å². The normalized spacial score (nSPS) is 18.6. The zero-order valence-electron chi connectivity index (χ0n) is 36.5. The van der Waals surface area contributed by atoms with Gasteiger partial charge in [0.15, 0.2) is 5.71 Å². The van der Waals surface area contributed by atoms with Crippen LogP contribution in [0.2, 0.25) is 0 Å². The molecular formula is C45H47N2O15S4-3. The standard InChI is InChI=1S/C45H50N2O15S4/c1-6-46-35-20-18-31-33(25-29(63(50,51)52)27-37(31)65(56,57)58)42(35)44(2,3)39(46)15-11-8-7-9-12-16-40-45(4,22-24-62-5)43-34-26-30(64(53,54)55)28-38(66(59,60)61)32(34)19-21-36(43)47(40)23-14-10-13-17-41(48)49/h7-9,11-12,15-16,18-21,25-28H,6,10,13-14,17,22-24H2,1-5H3,(H4-,48,49,50,51,52,53,54,55,56,57,58,59,60,61)/p-3. The van der Waals surface area contributed by atoms with E-state index >= 15 is 0 Å². The van der Waals surface area contributed by atoms with Crippen LogP contribution in [0.4, 0.5) is 11.4 Å². The van der Waals surface area contributed by atoms with E-state index in [0.29, 0.717) is 79.1 Å². The van der Waals surface area contributed by atoms with Gasteiger partial charge in [0.05, 0.1) is 25.0 Å². The van der Waals surface area contributed by atoms with Crippen molar-refractivity contribution in [3.8, 4) is 0 Å². The molecule has 1 unspecified atom stereocenters. The Kier molecular flexibility index (Phi) is 14.1. The van der Waals surface area contributed by atoms with E-state index in [4.69, 9.17) is 4.74 Å². The highest BCUT2D eigenvalue weighted by atomic mass is 32.2. The van der Waals surface area contributed by atoms with Crippen molar-refractivity contribution >= 4 is 85.1 Å². The monoisotopic (exact) mass is 983 g/mol. The number of allylic oxidation sites excluding steroid dienone is 8. The minimum Gasteiger partial charge on any atom is -0.744 e. The SMILES string of the molecule is CC[N+]1=C(/C=C/C=C/C=C/C=C2/N(CCCCCC(=O)O)c3ccc4c(S(=O)(=O)[O-])cc(S(=O)(=O)[O-])cc4c3C2(C)CCOC)C(C)(C)c2c1ccc1c(S(=O)(=O)[O-])cc(S(=O)(=O)[O-])cc21. The van der Waals surface area contributed by atoms with E-state index in [1.807, 2.05) is 49.3 Å². The minimum atomic E-state index is -5.26. The smallest absolute Gasteiger partial charge is 0.303 e. The topological polar surface area (TPSA) is 282 Å². The second-order valence-corrected chi connectivity index (χ2v) is 22.1. The van der Waals surface area contributed by atoms with Gasteiger partial charge < -0.3 is 33.0 Å². The van der Waals surface area contributed by atoms with Gasteiger partial charge in [0.1, 0.15) is 47.0 Å². The number of carboxylic acid groups (broad SMARTS) is 1. The Hall–Kier alpha value is -5.10. The Balaban J connectivity index is 1.40. The molecule has 66 heavy (non-hydrogen) atoms. The summed E-state index contributed by atoms with van der Waals surface area (Å²) in [5, 5.41) is 9.33. The van der Waals surface area contributed by atoms with E-state index < -0.39 is 76.9 Å². The van der Waals surface area contributed by atoms with Crippen molar-refractivity contribution in [1.29, 1.82) is 0 Å². The van der Waals surface area contributed by atoms with Crippen LogP contribution >= 0.6 is 0 Å². The highest BCUT2D eigenvalue weighted by molar-refractivity contribution is 7.87. The van der Waals surface area contributed by atoms with Gasteiger partial charge in [0.2, 0.25) is 5.69 Å². The molecule has 0 amide bonds. The summed E-state index contributed by atoms with van der Waals surface area (Å²) in [7, 11) is -19.3. The molecule has 2 aliphatic rings. The van der Waals surface area contributed by atoms with E-state index in [-0.39, 0.29) is 34.6 Å². The third-order valence-corrected chi connectivity index (χ3v) is 15.5. The molecule has 0 saturated heterocycles. The highest BCUT2D eigenvalue weighted by Crippen LogP contribution is 2.54. The Labute approximate surface area is 384 Å². The van der Waals surface area contributed by atoms with Crippen LogP contribution in [0.5, 0.6) is 0 Å². The molecule has 0 aromatic heterocycles. The summed E-state index contributed by atoms with van der Waals surface area (Å²) in [5.74, 6) is -0.932. The maximum absolute atomic E-state index is 12.5. The van der Waals surface area contributed by atoms with Gasteiger partial charge in [-0.3, -0.25) is 4.79 Å². The van der Waals surface area contributed by atoms with Crippen molar-refractivity contribution in [3.05, 3.63) is 108 Å². The molecule has 2 heterocycles. The predicted molar refractivity (Wildman–Crippen MR) is 241 cm³/mol. The summed E-state index contributed by atoms with van der Waals surface area (Å²) in [5.41, 5.74) is 1.73. The zero-order chi connectivity index (χ0) is 48.8. The third-order valence-electron chi connectivity index (χ3n) is 12.1. The number of rotatable bonds is 18. The van der Waals surface area contributed by atoms with Gasteiger partial charge in [-0.1, -0.05) is 42.9 Å². The molecule has 0 aliphatic carbocycles. The number of nitrogens with zero attached hydrogens (tertiary/aromatic N) is 2. The number of carboxylic acids is 1. The van der Waals surface area contributed by atoms with Gasteiger partial charge in [-0.15, -0.1) is 0 Å². The van der Waals surface area contributed by atoms with Crippen LogP contribution in [0.25, 0.3) is 21.5 Å². The fourth-order valence-corrected chi connectivity index (χ4v) is 11.8. The molecule has 0 bridgehead atoms. The summed E-state index contributed by atoms with van der Waals surface area (Å²) >= 11 is 0. The summed E-state index contributed by atoms with van der Waals surface area (Å²) < 4.78 is 155. The molecule has 0 radical (unpaired) electrons. The summed E-state index contributed by atoms with van der Waals surface area (Å²) in [6.45, 7) is 8.46. The molecule has 6 rings (SSSR count). The molecule has 1 N–H and O–H groups in total. The van der Waals surface area contributed by atoms with E-state index in [1.54, 1.807) is 42.5 Å². The Morgan fingerprint density at radius 2 is 1.26 bits per heavy atom. The van der Waals surface area contributed by atoms with Crippen LogP contribution in [-0.4, -0.2) is 100 Å². The van der Waals surface area contributed by atoms with Gasteiger partial charge in [-0.25, -0.2) is 33.7 Å². The molecule has 0 fully saturated rings. The van der Waals surface area contributed by atoms with Crippen molar-refractivity contribution in [2.45, 2.75) is 90.2 Å². The van der Waals surface area contributed by atoms with Crippen molar-refractivity contribution in [2.24, 2.45) is 0 Å². The number of hydrogen-bond acceptors (Lipinski definition) is 15. The van der Waals surface area contributed by atoms with E-state index in [0.717, 1.165) is 17.8 Å². The van der Waals surface area contributed by atoms with Crippen molar-refractivity contribution in [2.75, 3.05) is 31.7 Å². The fourth-order valence-electron chi connectivity index (χ4n) is 9.19. The van der Waals surface area contributed by atoms with Crippen LogP contribution < -0.4 is 4.90 Å².